The van der Waals surface area contributed by atoms with Crippen molar-refractivity contribution in [3.8, 4) is 0 Å². The van der Waals surface area contributed by atoms with E-state index in [4.69, 9.17) is 5.11 Å². The van der Waals surface area contributed by atoms with Crippen molar-refractivity contribution in [2.45, 2.75) is 12.8 Å². The Hall–Kier alpha value is -3.74. The number of rotatable bonds is 7. The van der Waals surface area contributed by atoms with Crippen LogP contribution in [-0.2, 0) is 14.4 Å². The first-order valence-electron chi connectivity index (χ1n) is 8.70. The molecule has 1 heterocycles. The van der Waals surface area contributed by atoms with Crippen molar-refractivity contribution >= 4 is 29.2 Å². The Balaban J connectivity index is 1.99. The molecular formula is C21H18N2O5. The Morgan fingerprint density at radius 1 is 0.929 bits per heavy atom. The third-order valence-corrected chi connectivity index (χ3v) is 4.18. The fourth-order valence-corrected chi connectivity index (χ4v) is 2.88. The first kappa shape index (κ1) is 19.0. The van der Waals surface area contributed by atoms with Gasteiger partial charge in [0.1, 0.15) is 5.57 Å². The van der Waals surface area contributed by atoms with Gasteiger partial charge in [-0.3, -0.25) is 19.4 Å². The summed E-state index contributed by atoms with van der Waals surface area (Å²) in [5.41, 5.74) is 0.878. The number of hydrogen-bond acceptors (Lipinski definition) is 5. The molecule has 0 unspecified atom stereocenters. The number of imide groups is 1. The van der Waals surface area contributed by atoms with Crippen molar-refractivity contribution in [3.63, 3.8) is 0 Å². The number of aliphatic carboxylic acids is 1. The highest BCUT2D eigenvalue weighted by Gasteiger charge is 2.42. The van der Waals surface area contributed by atoms with Gasteiger partial charge in [-0.05, 0) is 18.6 Å². The summed E-state index contributed by atoms with van der Waals surface area (Å²) in [6.45, 7) is 0.139. The largest absolute Gasteiger partial charge is 0.502 e. The number of hydrogen-bond donors (Lipinski definition) is 2. The minimum absolute atomic E-state index is 0.0698. The molecule has 1 aliphatic heterocycles. The number of aliphatic hydroxyl groups is 1. The lowest BCUT2D eigenvalue weighted by Crippen LogP contribution is -2.32. The second kappa shape index (κ2) is 8.30. The van der Waals surface area contributed by atoms with E-state index in [0.29, 0.717) is 11.3 Å². The fourth-order valence-electron chi connectivity index (χ4n) is 2.88. The Kier molecular flexibility index (Phi) is 5.64. The van der Waals surface area contributed by atoms with E-state index in [2.05, 4.69) is 4.99 Å². The summed E-state index contributed by atoms with van der Waals surface area (Å²) in [6, 6.07) is 17.0. The Bertz CT molecular complexity index is 965. The molecular weight excluding hydrogens is 360 g/mol. The van der Waals surface area contributed by atoms with E-state index in [-0.39, 0.29) is 30.7 Å². The van der Waals surface area contributed by atoms with Gasteiger partial charge in [0.15, 0.2) is 5.76 Å². The van der Waals surface area contributed by atoms with Gasteiger partial charge in [-0.15, -0.1) is 0 Å². The summed E-state index contributed by atoms with van der Waals surface area (Å²) in [5, 5.41) is 19.2. The highest BCUT2D eigenvalue weighted by Crippen LogP contribution is 2.28. The number of carbonyl (C=O) groups excluding carboxylic acids is 2. The van der Waals surface area contributed by atoms with Crippen LogP contribution in [0, 0.1) is 0 Å². The quantitative estimate of drug-likeness (QED) is 0.438. The van der Waals surface area contributed by atoms with Crippen molar-refractivity contribution < 1.29 is 24.6 Å². The van der Waals surface area contributed by atoms with Crippen molar-refractivity contribution in [2.24, 2.45) is 4.99 Å². The minimum atomic E-state index is -0.944. The zero-order chi connectivity index (χ0) is 20.1. The topological polar surface area (TPSA) is 107 Å². The number of carboxylic acids is 1. The average Bonchev–Trinajstić information content (AvgIpc) is 2.92. The first-order chi connectivity index (χ1) is 13.5. The summed E-state index contributed by atoms with van der Waals surface area (Å²) < 4.78 is 0. The number of nitrogens with zero attached hydrogens (tertiary/aromatic N) is 2. The number of carboxylic acid groups (broad SMARTS) is 1. The summed E-state index contributed by atoms with van der Waals surface area (Å²) in [4.78, 5) is 41.5. The predicted molar refractivity (Wildman–Crippen MR) is 103 cm³/mol. The van der Waals surface area contributed by atoms with Crippen molar-refractivity contribution in [2.75, 3.05) is 11.4 Å². The van der Waals surface area contributed by atoms with Gasteiger partial charge in [0.25, 0.3) is 5.91 Å². The molecule has 2 amide bonds. The van der Waals surface area contributed by atoms with Gasteiger partial charge in [0.2, 0.25) is 0 Å². The molecule has 0 aromatic heterocycles. The molecule has 142 valence electrons. The molecule has 3 rings (SSSR count). The van der Waals surface area contributed by atoms with Crippen molar-refractivity contribution in [1.29, 1.82) is 0 Å². The van der Waals surface area contributed by atoms with Crippen LogP contribution < -0.4 is 4.90 Å². The van der Waals surface area contributed by atoms with E-state index in [1.54, 1.807) is 60.7 Å². The molecule has 2 N–H and O–H groups in total. The van der Waals surface area contributed by atoms with Crippen LogP contribution in [0.4, 0.5) is 5.69 Å². The summed E-state index contributed by atoms with van der Waals surface area (Å²) in [7, 11) is 0. The number of carbonyl (C=O) groups is 3. The molecule has 7 heteroatoms. The second-order valence-corrected chi connectivity index (χ2v) is 6.10. The van der Waals surface area contributed by atoms with Gasteiger partial charge in [-0.25, -0.2) is 4.90 Å². The Morgan fingerprint density at radius 2 is 1.54 bits per heavy atom. The average molecular weight is 378 g/mol. The molecule has 0 radical (unpaired) electrons. The molecule has 0 fully saturated rings. The molecule has 7 nitrogen and oxygen atoms in total. The molecule has 0 bridgehead atoms. The fraction of sp³-hybridized carbons (Fsp3) is 0.143. The number of amides is 2. The van der Waals surface area contributed by atoms with Crippen molar-refractivity contribution in [1.82, 2.24) is 0 Å². The Morgan fingerprint density at radius 3 is 2.14 bits per heavy atom. The van der Waals surface area contributed by atoms with E-state index in [1.165, 1.54) is 0 Å². The lowest BCUT2D eigenvalue weighted by atomic mass is 10.0. The van der Waals surface area contributed by atoms with Crippen LogP contribution in [0.3, 0.4) is 0 Å². The van der Waals surface area contributed by atoms with Crippen LogP contribution in [0.25, 0.3) is 0 Å². The van der Waals surface area contributed by atoms with E-state index < -0.39 is 23.5 Å². The van der Waals surface area contributed by atoms with Gasteiger partial charge in [-0.1, -0.05) is 48.5 Å². The third-order valence-electron chi connectivity index (χ3n) is 4.18. The zero-order valence-electron chi connectivity index (χ0n) is 14.9. The molecule has 2 aromatic carbocycles. The number of aliphatic imine (C=N–C) groups is 1. The first-order valence-corrected chi connectivity index (χ1v) is 8.70. The predicted octanol–water partition coefficient (Wildman–Crippen LogP) is 2.73. The molecule has 2 aromatic rings. The lowest BCUT2D eigenvalue weighted by molar-refractivity contribution is -0.137. The highest BCUT2D eigenvalue weighted by atomic mass is 16.4. The second-order valence-electron chi connectivity index (χ2n) is 6.10. The molecule has 0 spiro atoms. The Labute approximate surface area is 161 Å². The molecule has 0 saturated carbocycles. The number of para-hydroxylation sites is 1. The van der Waals surface area contributed by atoms with Crippen LogP contribution in [0.5, 0.6) is 0 Å². The van der Waals surface area contributed by atoms with E-state index in [0.717, 1.165) is 4.90 Å². The zero-order valence-corrected chi connectivity index (χ0v) is 14.9. The van der Waals surface area contributed by atoms with Crippen LogP contribution in [-0.4, -0.2) is 40.3 Å². The minimum Gasteiger partial charge on any atom is -0.502 e. The third kappa shape index (κ3) is 3.83. The molecule has 0 atom stereocenters. The maximum absolute atomic E-state index is 13.0. The van der Waals surface area contributed by atoms with Crippen LogP contribution in [0.1, 0.15) is 18.4 Å². The van der Waals surface area contributed by atoms with Crippen LogP contribution >= 0.6 is 0 Å². The summed E-state index contributed by atoms with van der Waals surface area (Å²) in [6.07, 6.45) is 0.198. The smallest absolute Gasteiger partial charge is 0.303 e. The van der Waals surface area contributed by atoms with Gasteiger partial charge < -0.3 is 10.2 Å². The van der Waals surface area contributed by atoms with E-state index in [1.807, 2.05) is 0 Å². The molecule has 0 aliphatic carbocycles. The molecule has 28 heavy (non-hydrogen) atoms. The monoisotopic (exact) mass is 378 g/mol. The summed E-state index contributed by atoms with van der Waals surface area (Å²) >= 11 is 0. The lowest BCUT2D eigenvalue weighted by Gasteiger charge is -2.14. The summed E-state index contributed by atoms with van der Waals surface area (Å²) in [5.74, 6) is -3.11. The van der Waals surface area contributed by atoms with Crippen LogP contribution in [0.2, 0.25) is 0 Å². The number of benzene rings is 2. The van der Waals surface area contributed by atoms with E-state index >= 15 is 0 Å². The van der Waals surface area contributed by atoms with Gasteiger partial charge in [0.05, 0.1) is 11.4 Å². The standard InChI is InChI=1S/C21H18N2O5/c24-16(25)12-7-13-22-18(14-8-3-1-4-9-14)17-19(26)21(28)23(20(17)27)15-10-5-2-6-11-15/h1-6,8-11,26H,7,12-13H2,(H,24,25). The number of aliphatic hydroxyl groups excluding tert-OH is 1. The van der Waals surface area contributed by atoms with Gasteiger partial charge in [-0.2, -0.15) is 0 Å². The number of anilines is 1. The van der Waals surface area contributed by atoms with E-state index in [9.17, 15) is 19.5 Å². The van der Waals surface area contributed by atoms with Gasteiger partial charge >= 0.3 is 11.9 Å². The highest BCUT2D eigenvalue weighted by molar-refractivity contribution is 6.43. The molecule has 1 aliphatic rings. The maximum Gasteiger partial charge on any atom is 0.303 e. The maximum atomic E-state index is 13.0. The normalized spacial score (nSPS) is 14.7. The molecule has 0 saturated heterocycles. The SMILES string of the molecule is O=C(O)CCCN=C(C1=C(O)C(=O)N(c2ccccc2)C1=O)c1ccccc1. The van der Waals surface area contributed by atoms with Crippen molar-refractivity contribution in [3.05, 3.63) is 77.6 Å². The van der Waals surface area contributed by atoms with Crippen LogP contribution in [0.15, 0.2) is 77.0 Å². The van der Waals surface area contributed by atoms with Gasteiger partial charge in [0, 0.05) is 18.5 Å².